The van der Waals surface area contributed by atoms with Gasteiger partial charge in [-0.15, -0.1) is 0 Å². The minimum Gasteiger partial charge on any atom is -0.276 e. The molecule has 0 saturated heterocycles. The van der Waals surface area contributed by atoms with Gasteiger partial charge in [-0.05, 0) is 11.6 Å². The second-order valence-electron chi connectivity index (χ2n) is 4.05. The van der Waals surface area contributed by atoms with Crippen molar-refractivity contribution in [1.29, 1.82) is 0 Å². The highest BCUT2D eigenvalue weighted by molar-refractivity contribution is 7.88. The van der Waals surface area contributed by atoms with Crippen LogP contribution in [0.2, 0.25) is 0 Å². The van der Waals surface area contributed by atoms with E-state index in [9.17, 15) is 8.42 Å². The van der Waals surface area contributed by atoms with E-state index < -0.39 is 10.0 Å². The van der Waals surface area contributed by atoms with E-state index in [0.717, 1.165) is 5.56 Å². The van der Waals surface area contributed by atoms with Crippen LogP contribution in [0.5, 0.6) is 0 Å². The molecule has 2 rings (SSSR count). The molecular formula is C12H15N3O2S. The van der Waals surface area contributed by atoms with E-state index in [2.05, 4.69) is 9.82 Å². The van der Waals surface area contributed by atoms with Gasteiger partial charge in [0, 0.05) is 13.2 Å². The zero-order chi connectivity index (χ0) is 13.0. The van der Waals surface area contributed by atoms with Crippen molar-refractivity contribution in [2.45, 2.75) is 12.3 Å². The predicted octanol–water partition coefficient (Wildman–Crippen LogP) is 1.04. The van der Waals surface area contributed by atoms with E-state index in [4.69, 9.17) is 0 Å². The highest BCUT2D eigenvalue weighted by Gasteiger charge is 2.11. The molecule has 18 heavy (non-hydrogen) atoms. The van der Waals surface area contributed by atoms with E-state index in [1.807, 2.05) is 18.2 Å². The second-order valence-corrected chi connectivity index (χ2v) is 5.85. The Hall–Kier alpha value is -1.66. The Labute approximate surface area is 107 Å². The molecule has 0 aliphatic carbocycles. The largest absolute Gasteiger partial charge is 0.276 e. The van der Waals surface area contributed by atoms with Crippen molar-refractivity contribution in [1.82, 2.24) is 14.5 Å². The van der Waals surface area contributed by atoms with Crippen molar-refractivity contribution in [3.8, 4) is 0 Å². The average molecular weight is 265 g/mol. The first-order valence-electron chi connectivity index (χ1n) is 5.55. The minimum atomic E-state index is -3.32. The molecule has 0 unspecified atom stereocenters. The van der Waals surface area contributed by atoms with Crippen molar-refractivity contribution in [3.63, 3.8) is 0 Å². The van der Waals surface area contributed by atoms with Crippen LogP contribution in [0, 0.1) is 0 Å². The van der Waals surface area contributed by atoms with Gasteiger partial charge in [-0.25, -0.2) is 13.1 Å². The summed E-state index contributed by atoms with van der Waals surface area (Å²) in [5, 5.41) is 4.11. The van der Waals surface area contributed by atoms with Gasteiger partial charge < -0.3 is 0 Å². The third-order valence-electron chi connectivity index (χ3n) is 2.44. The first-order valence-corrected chi connectivity index (χ1v) is 7.20. The van der Waals surface area contributed by atoms with Gasteiger partial charge in [0.05, 0.1) is 18.0 Å². The fourth-order valence-electron chi connectivity index (χ4n) is 1.59. The first kappa shape index (κ1) is 12.8. The summed E-state index contributed by atoms with van der Waals surface area (Å²) in [6.45, 7) is 0.218. The number of hydrogen-bond acceptors (Lipinski definition) is 3. The molecule has 0 saturated carbocycles. The van der Waals surface area contributed by atoms with Gasteiger partial charge in [0.1, 0.15) is 0 Å². The maximum Gasteiger partial charge on any atom is 0.216 e. The van der Waals surface area contributed by atoms with Gasteiger partial charge in [0.15, 0.2) is 0 Å². The molecule has 2 aromatic rings. The molecule has 0 aliphatic heterocycles. The van der Waals surface area contributed by atoms with Crippen molar-refractivity contribution in [3.05, 3.63) is 53.9 Å². The Morgan fingerprint density at radius 2 is 1.94 bits per heavy atom. The number of sulfonamides is 1. The molecule has 0 radical (unpaired) electrons. The molecule has 96 valence electrons. The van der Waals surface area contributed by atoms with Crippen LogP contribution >= 0.6 is 0 Å². The summed E-state index contributed by atoms with van der Waals surface area (Å²) in [5.74, 6) is -0.0132. The SMILES string of the molecule is Cn1ccc(CNS(=O)(=O)Cc2ccccc2)n1. The standard InChI is InChI=1S/C12H15N3O2S/c1-15-8-7-12(14-15)9-13-18(16,17)10-11-5-3-2-4-6-11/h2-8,13H,9-10H2,1H3. The van der Waals surface area contributed by atoms with E-state index in [1.165, 1.54) is 0 Å². The Bertz CT molecular complexity index is 605. The minimum absolute atomic E-state index is 0.0132. The lowest BCUT2D eigenvalue weighted by Crippen LogP contribution is -2.25. The van der Waals surface area contributed by atoms with Crippen LogP contribution in [0.15, 0.2) is 42.6 Å². The van der Waals surface area contributed by atoms with Crippen LogP contribution in [0.4, 0.5) is 0 Å². The fraction of sp³-hybridized carbons (Fsp3) is 0.250. The lowest BCUT2D eigenvalue weighted by atomic mass is 10.2. The molecule has 1 heterocycles. The average Bonchev–Trinajstić information content (AvgIpc) is 2.74. The quantitative estimate of drug-likeness (QED) is 0.878. The molecule has 1 aromatic heterocycles. The van der Waals surface area contributed by atoms with Crippen LogP contribution in [0.25, 0.3) is 0 Å². The highest BCUT2D eigenvalue weighted by Crippen LogP contribution is 2.04. The van der Waals surface area contributed by atoms with Crippen molar-refractivity contribution < 1.29 is 8.42 Å². The van der Waals surface area contributed by atoms with Gasteiger partial charge in [0.2, 0.25) is 10.0 Å². The van der Waals surface area contributed by atoms with Crippen LogP contribution < -0.4 is 4.72 Å². The molecular weight excluding hydrogens is 250 g/mol. The van der Waals surface area contributed by atoms with Gasteiger partial charge in [0.25, 0.3) is 0 Å². The van der Waals surface area contributed by atoms with Crippen LogP contribution in [-0.2, 0) is 29.4 Å². The summed E-state index contributed by atoms with van der Waals surface area (Å²) in [7, 11) is -1.53. The van der Waals surface area contributed by atoms with E-state index in [0.29, 0.717) is 5.69 Å². The summed E-state index contributed by atoms with van der Waals surface area (Å²) < 4.78 is 27.8. The first-order chi connectivity index (χ1) is 8.55. The Balaban J connectivity index is 1.96. The molecule has 6 heteroatoms. The molecule has 0 bridgehead atoms. The topological polar surface area (TPSA) is 64.0 Å². The van der Waals surface area contributed by atoms with Gasteiger partial charge in [-0.2, -0.15) is 5.10 Å². The van der Waals surface area contributed by atoms with E-state index >= 15 is 0 Å². The molecule has 0 atom stereocenters. The monoisotopic (exact) mass is 265 g/mol. The van der Waals surface area contributed by atoms with Gasteiger partial charge in [-0.3, -0.25) is 4.68 Å². The van der Waals surface area contributed by atoms with Gasteiger partial charge >= 0.3 is 0 Å². The summed E-state index contributed by atoms with van der Waals surface area (Å²) in [6.07, 6.45) is 1.78. The lowest BCUT2D eigenvalue weighted by Gasteiger charge is -2.05. The number of nitrogens with one attached hydrogen (secondary N) is 1. The summed E-state index contributed by atoms with van der Waals surface area (Å²) in [4.78, 5) is 0. The Kier molecular flexibility index (Phi) is 3.78. The number of nitrogens with zero attached hydrogens (tertiary/aromatic N) is 2. The number of rotatable bonds is 5. The predicted molar refractivity (Wildman–Crippen MR) is 69.1 cm³/mol. The third kappa shape index (κ3) is 3.68. The van der Waals surface area contributed by atoms with Crippen LogP contribution in [0.1, 0.15) is 11.3 Å². The summed E-state index contributed by atoms with van der Waals surface area (Å²) in [6, 6.07) is 10.9. The van der Waals surface area contributed by atoms with Crippen molar-refractivity contribution in [2.75, 3.05) is 0 Å². The number of benzene rings is 1. The molecule has 0 aliphatic rings. The molecule has 1 aromatic carbocycles. The summed E-state index contributed by atoms with van der Waals surface area (Å²) >= 11 is 0. The highest BCUT2D eigenvalue weighted by atomic mass is 32.2. The maximum absolute atomic E-state index is 11.8. The van der Waals surface area contributed by atoms with Crippen LogP contribution in [0.3, 0.4) is 0 Å². The lowest BCUT2D eigenvalue weighted by molar-refractivity contribution is 0.578. The van der Waals surface area contributed by atoms with E-state index in [1.54, 1.807) is 36.1 Å². The van der Waals surface area contributed by atoms with Crippen molar-refractivity contribution >= 4 is 10.0 Å². The molecule has 0 amide bonds. The Morgan fingerprint density at radius 3 is 2.56 bits per heavy atom. The smallest absolute Gasteiger partial charge is 0.216 e. The van der Waals surface area contributed by atoms with E-state index in [-0.39, 0.29) is 12.3 Å². The molecule has 5 nitrogen and oxygen atoms in total. The maximum atomic E-state index is 11.8. The number of aryl methyl sites for hydroxylation is 1. The second kappa shape index (κ2) is 5.32. The zero-order valence-corrected chi connectivity index (χ0v) is 10.9. The normalized spacial score (nSPS) is 11.6. The number of hydrogen-bond donors (Lipinski definition) is 1. The third-order valence-corrected chi connectivity index (χ3v) is 3.74. The Morgan fingerprint density at radius 1 is 1.22 bits per heavy atom. The molecule has 1 N–H and O–H groups in total. The molecule has 0 fully saturated rings. The zero-order valence-electron chi connectivity index (χ0n) is 10.1. The van der Waals surface area contributed by atoms with Crippen LogP contribution in [-0.4, -0.2) is 18.2 Å². The van der Waals surface area contributed by atoms with Crippen molar-refractivity contribution in [2.24, 2.45) is 7.05 Å². The summed E-state index contributed by atoms with van der Waals surface area (Å²) in [5.41, 5.74) is 1.47. The number of aromatic nitrogens is 2. The molecule has 0 spiro atoms. The van der Waals surface area contributed by atoms with Gasteiger partial charge in [-0.1, -0.05) is 30.3 Å². The fourth-order valence-corrected chi connectivity index (χ4v) is 2.69.